The van der Waals surface area contributed by atoms with E-state index in [1.807, 2.05) is 0 Å². The van der Waals surface area contributed by atoms with Gasteiger partial charge in [-0.2, -0.15) is 0 Å². The average Bonchev–Trinajstić information content (AvgIpc) is 2.69. The summed E-state index contributed by atoms with van der Waals surface area (Å²) < 4.78 is 12.7. The molecule has 1 aromatic rings. The third kappa shape index (κ3) is 2.10. The quantitative estimate of drug-likeness (QED) is 0.738. The average molecular weight is 238 g/mol. The molecule has 0 amide bonds. The Bertz CT molecular complexity index is 399. The van der Waals surface area contributed by atoms with E-state index in [1.54, 1.807) is 0 Å². The van der Waals surface area contributed by atoms with Gasteiger partial charge in [0.1, 0.15) is 0 Å². The number of fused-ring (bicyclic) bond motifs is 1. The van der Waals surface area contributed by atoms with Crippen LogP contribution in [0.3, 0.4) is 0 Å². The van der Waals surface area contributed by atoms with Crippen LogP contribution in [0.4, 0.5) is 10.3 Å². The van der Waals surface area contributed by atoms with Crippen LogP contribution in [-0.2, 0) is 0 Å². The number of aliphatic hydroxyl groups is 1. The topological polar surface area (TPSA) is 52.5 Å². The van der Waals surface area contributed by atoms with E-state index in [0.717, 1.165) is 32.6 Å². The minimum atomic E-state index is -0.413. The second-order valence-corrected chi connectivity index (χ2v) is 4.69. The smallest absolute Gasteiger partial charge is 0.225 e. The molecule has 6 heteroatoms. The molecule has 2 fully saturated rings. The van der Waals surface area contributed by atoms with Crippen LogP contribution in [0.2, 0.25) is 0 Å². The Kier molecular flexibility index (Phi) is 2.68. The monoisotopic (exact) mass is 238 g/mol. The van der Waals surface area contributed by atoms with Crippen molar-refractivity contribution in [1.82, 2.24) is 14.9 Å². The first-order valence-electron chi connectivity index (χ1n) is 5.87. The zero-order chi connectivity index (χ0) is 11.8. The van der Waals surface area contributed by atoms with Crippen molar-refractivity contribution in [1.29, 1.82) is 0 Å². The molecule has 5 nitrogen and oxygen atoms in total. The molecule has 0 saturated carbocycles. The second kappa shape index (κ2) is 4.19. The van der Waals surface area contributed by atoms with Gasteiger partial charge in [-0.3, -0.25) is 4.90 Å². The van der Waals surface area contributed by atoms with Crippen molar-refractivity contribution in [3.63, 3.8) is 0 Å². The summed E-state index contributed by atoms with van der Waals surface area (Å²) in [5.74, 6) is 0.163. The molecule has 0 bridgehead atoms. The highest BCUT2D eigenvalue weighted by molar-refractivity contribution is 5.30. The molecule has 2 aliphatic heterocycles. The molecule has 2 saturated heterocycles. The van der Waals surface area contributed by atoms with E-state index < -0.39 is 5.82 Å². The van der Waals surface area contributed by atoms with Gasteiger partial charge in [-0.1, -0.05) is 0 Å². The lowest BCUT2D eigenvalue weighted by Crippen LogP contribution is -2.50. The first-order chi connectivity index (χ1) is 8.22. The Morgan fingerprint density at radius 2 is 2.00 bits per heavy atom. The third-order valence-electron chi connectivity index (χ3n) is 3.48. The summed E-state index contributed by atoms with van der Waals surface area (Å²) in [6, 6.07) is 0.368. The molecule has 2 unspecified atom stereocenters. The minimum Gasteiger partial charge on any atom is -0.392 e. The number of halogens is 1. The van der Waals surface area contributed by atoms with Crippen LogP contribution in [0, 0.1) is 5.82 Å². The molecule has 0 radical (unpaired) electrons. The van der Waals surface area contributed by atoms with E-state index in [9.17, 15) is 9.50 Å². The maximum Gasteiger partial charge on any atom is 0.225 e. The van der Waals surface area contributed by atoms with E-state index in [1.165, 1.54) is 12.4 Å². The lowest BCUT2D eigenvalue weighted by molar-refractivity contribution is 0.173. The maximum absolute atomic E-state index is 12.7. The van der Waals surface area contributed by atoms with Crippen molar-refractivity contribution >= 4 is 5.95 Å². The van der Waals surface area contributed by atoms with Crippen LogP contribution < -0.4 is 4.90 Å². The van der Waals surface area contributed by atoms with Gasteiger partial charge in [0.05, 0.1) is 18.5 Å². The van der Waals surface area contributed by atoms with Crippen molar-refractivity contribution in [2.24, 2.45) is 0 Å². The van der Waals surface area contributed by atoms with E-state index in [4.69, 9.17) is 0 Å². The van der Waals surface area contributed by atoms with E-state index in [0.29, 0.717) is 12.0 Å². The molecule has 3 heterocycles. The fourth-order valence-corrected chi connectivity index (χ4v) is 2.67. The molecular formula is C11H15FN4O. The molecule has 0 spiro atoms. The highest BCUT2D eigenvalue weighted by Crippen LogP contribution is 2.23. The summed E-state index contributed by atoms with van der Waals surface area (Å²) in [4.78, 5) is 12.3. The summed E-state index contributed by atoms with van der Waals surface area (Å²) in [6.45, 7) is 3.31. The normalized spacial score (nSPS) is 29.4. The zero-order valence-electron chi connectivity index (χ0n) is 9.46. The Balaban J connectivity index is 1.72. The standard InChI is InChI=1S/C11H15FN4O/c12-8-4-13-11(14-5-8)16-2-1-15-7-10(17)3-9(15)6-16/h4-5,9-10,17H,1-3,6-7H2. The van der Waals surface area contributed by atoms with Crippen LogP contribution in [0.25, 0.3) is 0 Å². The largest absolute Gasteiger partial charge is 0.392 e. The van der Waals surface area contributed by atoms with E-state index in [-0.39, 0.29) is 6.10 Å². The van der Waals surface area contributed by atoms with Gasteiger partial charge < -0.3 is 10.0 Å². The number of aliphatic hydroxyl groups excluding tert-OH is 1. The first kappa shape index (κ1) is 10.9. The molecule has 2 aliphatic rings. The van der Waals surface area contributed by atoms with Crippen molar-refractivity contribution in [2.45, 2.75) is 18.6 Å². The fraction of sp³-hybridized carbons (Fsp3) is 0.636. The summed E-state index contributed by atoms with van der Waals surface area (Å²) in [7, 11) is 0. The lowest BCUT2D eigenvalue weighted by atomic mass is 10.1. The zero-order valence-corrected chi connectivity index (χ0v) is 9.46. The van der Waals surface area contributed by atoms with Crippen molar-refractivity contribution in [3.05, 3.63) is 18.2 Å². The molecule has 2 atom stereocenters. The van der Waals surface area contributed by atoms with Gasteiger partial charge in [0.25, 0.3) is 0 Å². The summed E-state index contributed by atoms with van der Waals surface area (Å²) >= 11 is 0. The molecule has 0 aromatic carbocycles. The molecule has 92 valence electrons. The molecule has 3 rings (SSSR count). The van der Waals surface area contributed by atoms with Crippen LogP contribution in [0.15, 0.2) is 12.4 Å². The van der Waals surface area contributed by atoms with Gasteiger partial charge >= 0.3 is 0 Å². The minimum absolute atomic E-state index is 0.214. The Hall–Kier alpha value is -1.27. The molecule has 0 aliphatic carbocycles. The predicted octanol–water partition coefficient (Wildman–Crippen LogP) is -0.129. The van der Waals surface area contributed by atoms with Gasteiger partial charge in [-0.25, -0.2) is 14.4 Å². The number of piperazine rings is 1. The molecule has 17 heavy (non-hydrogen) atoms. The third-order valence-corrected chi connectivity index (χ3v) is 3.48. The number of aromatic nitrogens is 2. The fourth-order valence-electron chi connectivity index (χ4n) is 2.67. The molecule has 1 aromatic heterocycles. The van der Waals surface area contributed by atoms with Crippen molar-refractivity contribution in [3.8, 4) is 0 Å². The molecular weight excluding hydrogens is 223 g/mol. The number of anilines is 1. The van der Waals surface area contributed by atoms with Gasteiger partial charge in [-0.15, -0.1) is 0 Å². The van der Waals surface area contributed by atoms with Crippen LogP contribution >= 0.6 is 0 Å². The Morgan fingerprint density at radius 1 is 1.24 bits per heavy atom. The first-order valence-corrected chi connectivity index (χ1v) is 5.87. The highest BCUT2D eigenvalue weighted by Gasteiger charge is 2.35. The number of hydrogen-bond donors (Lipinski definition) is 1. The van der Waals surface area contributed by atoms with Gasteiger partial charge in [0.2, 0.25) is 5.95 Å². The maximum atomic E-state index is 12.7. The van der Waals surface area contributed by atoms with E-state index in [2.05, 4.69) is 19.8 Å². The number of nitrogens with zero attached hydrogens (tertiary/aromatic N) is 4. The highest BCUT2D eigenvalue weighted by atomic mass is 19.1. The predicted molar refractivity (Wildman–Crippen MR) is 60.2 cm³/mol. The van der Waals surface area contributed by atoms with Gasteiger partial charge in [-0.05, 0) is 6.42 Å². The van der Waals surface area contributed by atoms with Crippen molar-refractivity contribution in [2.75, 3.05) is 31.1 Å². The van der Waals surface area contributed by atoms with Crippen molar-refractivity contribution < 1.29 is 9.50 Å². The molecule has 1 N–H and O–H groups in total. The number of hydrogen-bond acceptors (Lipinski definition) is 5. The van der Waals surface area contributed by atoms with Crippen LogP contribution in [0.1, 0.15) is 6.42 Å². The van der Waals surface area contributed by atoms with Gasteiger partial charge in [0, 0.05) is 32.2 Å². The second-order valence-electron chi connectivity index (χ2n) is 4.69. The Labute approximate surface area is 98.9 Å². The Morgan fingerprint density at radius 3 is 2.76 bits per heavy atom. The van der Waals surface area contributed by atoms with Crippen LogP contribution in [-0.4, -0.2) is 58.3 Å². The van der Waals surface area contributed by atoms with Gasteiger partial charge in [0.15, 0.2) is 5.82 Å². The SMILES string of the molecule is OC1CC2CN(c3ncc(F)cn3)CCN2C1. The summed E-state index contributed by atoms with van der Waals surface area (Å²) in [6.07, 6.45) is 2.97. The van der Waals surface area contributed by atoms with E-state index >= 15 is 0 Å². The van der Waals surface area contributed by atoms with Crippen LogP contribution in [0.5, 0.6) is 0 Å². The number of rotatable bonds is 1. The summed E-state index contributed by atoms with van der Waals surface area (Å²) in [5, 5.41) is 9.61. The lowest BCUT2D eigenvalue weighted by Gasteiger charge is -2.37. The summed E-state index contributed by atoms with van der Waals surface area (Å²) in [5.41, 5.74) is 0.